The van der Waals surface area contributed by atoms with Crippen LogP contribution in [-0.4, -0.2) is 46.6 Å². The van der Waals surface area contributed by atoms with Gasteiger partial charge in [0.05, 0.1) is 12.6 Å². The van der Waals surface area contributed by atoms with Crippen LogP contribution in [0, 0.1) is 5.92 Å². The van der Waals surface area contributed by atoms with Crippen LogP contribution >= 0.6 is 12.2 Å². The van der Waals surface area contributed by atoms with Gasteiger partial charge in [0.25, 0.3) is 0 Å². The summed E-state index contributed by atoms with van der Waals surface area (Å²) in [6, 6.07) is 7.19. The molecule has 0 bridgehead atoms. The molecule has 0 aromatic heterocycles. The number of carbonyl (C=O) groups excluding carboxylic acids is 1. The van der Waals surface area contributed by atoms with E-state index in [-0.39, 0.29) is 17.9 Å². The molecule has 2 atom stereocenters. The number of likely N-dealkylation sites (tertiary alicyclic amines) is 1. The van der Waals surface area contributed by atoms with Gasteiger partial charge in [-0.15, -0.1) is 0 Å². The lowest BCUT2D eigenvalue weighted by molar-refractivity contribution is -0.117. The first-order valence-corrected chi connectivity index (χ1v) is 7.46. The fourth-order valence-corrected chi connectivity index (χ4v) is 2.68. The molecule has 1 fully saturated rings. The Balaban J connectivity index is 1.88. The highest BCUT2D eigenvalue weighted by atomic mass is 32.1. The number of nitrogens with two attached hydrogens (primary N) is 1. The zero-order chi connectivity index (χ0) is 15.4. The van der Waals surface area contributed by atoms with Gasteiger partial charge in [-0.25, -0.2) is 0 Å². The van der Waals surface area contributed by atoms with Gasteiger partial charge in [-0.05, 0) is 37.9 Å². The summed E-state index contributed by atoms with van der Waals surface area (Å²) in [7, 11) is 0. The van der Waals surface area contributed by atoms with Crippen molar-refractivity contribution in [2.45, 2.75) is 19.4 Å². The normalized spacial score (nSPS) is 20.2. The number of nitrogens with zero attached hydrogens (tertiary/aromatic N) is 1. The van der Waals surface area contributed by atoms with E-state index >= 15 is 0 Å². The third-order valence-electron chi connectivity index (χ3n) is 3.79. The first kappa shape index (κ1) is 15.9. The van der Waals surface area contributed by atoms with Gasteiger partial charge in [0.15, 0.2) is 0 Å². The Morgan fingerprint density at radius 3 is 3.00 bits per heavy atom. The van der Waals surface area contributed by atoms with Gasteiger partial charge >= 0.3 is 0 Å². The molecule has 1 aromatic carbocycles. The van der Waals surface area contributed by atoms with Gasteiger partial charge in [0, 0.05) is 17.8 Å². The maximum atomic E-state index is 12.0. The number of rotatable bonds is 5. The molecule has 0 aliphatic carbocycles. The van der Waals surface area contributed by atoms with Crippen molar-refractivity contribution in [1.29, 1.82) is 0 Å². The second kappa shape index (κ2) is 6.98. The van der Waals surface area contributed by atoms with Gasteiger partial charge in [0.1, 0.15) is 4.99 Å². The minimum atomic E-state index is -0.319. The van der Waals surface area contributed by atoms with E-state index in [1.54, 1.807) is 13.0 Å². The summed E-state index contributed by atoms with van der Waals surface area (Å²) in [6.45, 7) is 3.74. The van der Waals surface area contributed by atoms with Crippen molar-refractivity contribution in [2.24, 2.45) is 11.7 Å². The lowest BCUT2D eigenvalue weighted by Gasteiger charge is -2.17. The van der Waals surface area contributed by atoms with Crippen LogP contribution < -0.4 is 11.1 Å². The molecule has 114 valence electrons. The molecule has 1 aliphatic rings. The predicted molar refractivity (Wildman–Crippen MR) is 87.2 cm³/mol. The monoisotopic (exact) mass is 307 g/mol. The Hall–Kier alpha value is -1.50. The molecule has 21 heavy (non-hydrogen) atoms. The molecule has 1 aromatic rings. The average Bonchev–Trinajstić information content (AvgIpc) is 2.87. The van der Waals surface area contributed by atoms with E-state index in [2.05, 4.69) is 10.2 Å². The van der Waals surface area contributed by atoms with Gasteiger partial charge in [-0.2, -0.15) is 0 Å². The molecular weight excluding hydrogens is 286 g/mol. The lowest BCUT2D eigenvalue weighted by atomic mass is 10.0. The molecule has 2 rings (SSSR count). The van der Waals surface area contributed by atoms with E-state index in [1.165, 1.54) is 0 Å². The standard InChI is InChI=1S/C15H21N3O2S/c1-10(19)12-5-6-18(8-12)9-14(20)17-13-4-2-3-11(7-13)15(16)21/h2-4,7,10,12,19H,5-6,8-9H2,1H3,(H2,16,21)(H,17,20). The maximum Gasteiger partial charge on any atom is 0.238 e. The molecule has 5 nitrogen and oxygen atoms in total. The predicted octanol–water partition coefficient (Wildman–Crippen LogP) is 0.962. The van der Waals surface area contributed by atoms with Gasteiger partial charge in [-0.1, -0.05) is 24.4 Å². The minimum absolute atomic E-state index is 0.0682. The van der Waals surface area contributed by atoms with Crippen LogP contribution in [0.2, 0.25) is 0 Å². The van der Waals surface area contributed by atoms with Crippen LogP contribution in [0.1, 0.15) is 18.9 Å². The zero-order valence-corrected chi connectivity index (χ0v) is 12.9. The maximum absolute atomic E-state index is 12.0. The summed E-state index contributed by atoms with van der Waals surface area (Å²) < 4.78 is 0. The SMILES string of the molecule is CC(O)C1CCN(CC(=O)Nc2cccc(C(N)=S)c2)C1. The van der Waals surface area contributed by atoms with Crippen molar-refractivity contribution in [3.8, 4) is 0 Å². The van der Waals surface area contributed by atoms with Gasteiger partial charge in [-0.3, -0.25) is 9.69 Å². The number of anilines is 1. The fraction of sp³-hybridized carbons (Fsp3) is 0.467. The Labute approximate surface area is 130 Å². The third kappa shape index (κ3) is 4.49. The summed E-state index contributed by atoms with van der Waals surface area (Å²) in [5.74, 6) is 0.192. The largest absolute Gasteiger partial charge is 0.393 e. The number of hydrogen-bond donors (Lipinski definition) is 3. The topological polar surface area (TPSA) is 78.6 Å². The molecular formula is C15H21N3O2S. The summed E-state index contributed by atoms with van der Waals surface area (Å²) >= 11 is 4.92. The first-order valence-electron chi connectivity index (χ1n) is 7.06. The Morgan fingerprint density at radius 1 is 1.62 bits per heavy atom. The molecule has 1 aliphatic heterocycles. The number of carbonyl (C=O) groups is 1. The molecule has 1 heterocycles. The second-order valence-corrected chi connectivity index (χ2v) is 5.96. The van der Waals surface area contributed by atoms with E-state index in [1.807, 2.05) is 18.2 Å². The van der Waals surface area contributed by atoms with Crippen LogP contribution in [0.25, 0.3) is 0 Å². The minimum Gasteiger partial charge on any atom is -0.393 e. The summed E-state index contributed by atoms with van der Waals surface area (Å²) in [5.41, 5.74) is 7.00. The van der Waals surface area contributed by atoms with E-state index in [0.29, 0.717) is 17.2 Å². The number of hydrogen-bond acceptors (Lipinski definition) is 4. The van der Waals surface area contributed by atoms with Crippen LogP contribution in [0.3, 0.4) is 0 Å². The van der Waals surface area contributed by atoms with Crippen LogP contribution in [0.15, 0.2) is 24.3 Å². The van der Waals surface area contributed by atoms with Crippen molar-refractivity contribution in [3.05, 3.63) is 29.8 Å². The first-order chi connectivity index (χ1) is 9.95. The van der Waals surface area contributed by atoms with Crippen LogP contribution in [-0.2, 0) is 4.79 Å². The summed E-state index contributed by atoms with van der Waals surface area (Å²) in [6.07, 6.45) is 0.613. The molecule has 2 unspecified atom stereocenters. The average molecular weight is 307 g/mol. The molecule has 1 amide bonds. The quantitative estimate of drug-likeness (QED) is 0.706. The van der Waals surface area contributed by atoms with E-state index in [0.717, 1.165) is 25.1 Å². The van der Waals surface area contributed by atoms with Crippen LogP contribution in [0.4, 0.5) is 5.69 Å². The number of aliphatic hydroxyl groups is 1. The van der Waals surface area contributed by atoms with E-state index in [4.69, 9.17) is 18.0 Å². The highest BCUT2D eigenvalue weighted by Crippen LogP contribution is 2.19. The van der Waals surface area contributed by atoms with Crippen molar-refractivity contribution in [1.82, 2.24) is 4.90 Å². The highest BCUT2D eigenvalue weighted by molar-refractivity contribution is 7.80. The molecule has 0 spiro atoms. The molecule has 4 N–H and O–H groups in total. The Kier molecular flexibility index (Phi) is 5.27. The van der Waals surface area contributed by atoms with Crippen LogP contribution in [0.5, 0.6) is 0 Å². The van der Waals surface area contributed by atoms with Crippen molar-refractivity contribution < 1.29 is 9.90 Å². The highest BCUT2D eigenvalue weighted by Gasteiger charge is 2.26. The van der Waals surface area contributed by atoms with Gasteiger partial charge < -0.3 is 16.2 Å². The van der Waals surface area contributed by atoms with E-state index in [9.17, 15) is 9.90 Å². The summed E-state index contributed by atoms with van der Waals surface area (Å²) in [5, 5.41) is 12.4. The lowest BCUT2D eigenvalue weighted by Crippen LogP contribution is -2.32. The number of aliphatic hydroxyl groups excluding tert-OH is 1. The third-order valence-corrected chi connectivity index (χ3v) is 4.02. The molecule has 0 radical (unpaired) electrons. The van der Waals surface area contributed by atoms with E-state index < -0.39 is 0 Å². The second-order valence-electron chi connectivity index (χ2n) is 5.52. The number of nitrogens with one attached hydrogen (secondary N) is 1. The Morgan fingerprint density at radius 2 is 2.38 bits per heavy atom. The number of benzene rings is 1. The van der Waals surface area contributed by atoms with Crippen molar-refractivity contribution in [3.63, 3.8) is 0 Å². The fourth-order valence-electron chi connectivity index (χ4n) is 2.55. The number of thiocarbonyl (C=S) groups is 1. The zero-order valence-electron chi connectivity index (χ0n) is 12.1. The smallest absolute Gasteiger partial charge is 0.238 e. The summed E-state index contributed by atoms with van der Waals surface area (Å²) in [4.78, 5) is 14.4. The molecule has 0 saturated carbocycles. The van der Waals surface area contributed by atoms with Crippen molar-refractivity contribution in [2.75, 3.05) is 25.0 Å². The number of amides is 1. The Bertz CT molecular complexity index is 533. The van der Waals surface area contributed by atoms with Gasteiger partial charge in [0.2, 0.25) is 5.91 Å². The van der Waals surface area contributed by atoms with Crippen molar-refractivity contribution >= 4 is 28.8 Å². The molecule has 6 heteroatoms. The molecule has 1 saturated heterocycles.